The second-order valence-corrected chi connectivity index (χ2v) is 7.31. The van der Waals surface area contributed by atoms with Gasteiger partial charge in [0.2, 0.25) is 5.91 Å². The maximum absolute atomic E-state index is 12.1. The van der Waals surface area contributed by atoms with Gasteiger partial charge in [-0.1, -0.05) is 56.3 Å². The van der Waals surface area contributed by atoms with Gasteiger partial charge < -0.3 is 14.5 Å². The van der Waals surface area contributed by atoms with Gasteiger partial charge in [0.25, 0.3) is 0 Å². The van der Waals surface area contributed by atoms with E-state index in [1.54, 1.807) is 0 Å². The first kappa shape index (κ1) is 20.6. The number of aromatic nitrogens is 1. The molecule has 5 heteroatoms. The van der Waals surface area contributed by atoms with Gasteiger partial charge >= 0.3 is 0 Å². The molecule has 0 aliphatic rings. The van der Waals surface area contributed by atoms with Crippen molar-refractivity contribution >= 4 is 5.91 Å². The van der Waals surface area contributed by atoms with E-state index in [-0.39, 0.29) is 5.91 Å². The number of hydrogen-bond acceptors (Lipinski definition) is 4. The zero-order valence-electron chi connectivity index (χ0n) is 17.3. The van der Waals surface area contributed by atoms with E-state index in [2.05, 4.69) is 36.3 Å². The van der Waals surface area contributed by atoms with Gasteiger partial charge in [-0.3, -0.25) is 4.79 Å². The molecular formula is C24H28N2O3. The topological polar surface area (TPSA) is 64.4 Å². The summed E-state index contributed by atoms with van der Waals surface area (Å²) in [6.45, 7) is 7.13. The smallest absolute Gasteiger partial charge is 0.220 e. The second kappa shape index (κ2) is 9.92. The molecule has 29 heavy (non-hydrogen) atoms. The molecule has 2 aromatic carbocycles. The van der Waals surface area contributed by atoms with Crippen LogP contribution < -0.4 is 10.1 Å². The summed E-state index contributed by atoms with van der Waals surface area (Å²) in [5, 5.41) is 2.87. The average Bonchev–Trinajstić information content (AvgIpc) is 3.11. The molecule has 0 fully saturated rings. The number of ether oxygens (including phenoxy) is 1. The minimum atomic E-state index is -0.0409. The van der Waals surface area contributed by atoms with Gasteiger partial charge in [0.05, 0.1) is 12.2 Å². The van der Waals surface area contributed by atoms with Crippen molar-refractivity contribution in [2.75, 3.05) is 13.2 Å². The Labute approximate surface area is 172 Å². The number of amides is 1. The van der Waals surface area contributed by atoms with Gasteiger partial charge in [0, 0.05) is 18.4 Å². The van der Waals surface area contributed by atoms with Crippen molar-refractivity contribution in [1.82, 2.24) is 10.3 Å². The minimum absolute atomic E-state index is 0.0409. The highest BCUT2D eigenvalue weighted by atomic mass is 16.5. The first-order valence-electron chi connectivity index (χ1n) is 10.0. The molecule has 3 aromatic rings. The lowest BCUT2D eigenvalue weighted by atomic mass is 10.0. The standard InChI is InChI=1S/C24H28N2O3/c1-17(2)19-9-11-21(12-10-19)28-16-15-25-22(27)13-14-23-26-18(3)24(29-23)20-7-5-4-6-8-20/h4-12,17H,13-16H2,1-3H3,(H,25,27). The van der Waals surface area contributed by atoms with Crippen molar-refractivity contribution in [2.45, 2.75) is 39.5 Å². The van der Waals surface area contributed by atoms with Crippen LogP contribution in [0.5, 0.6) is 5.75 Å². The predicted octanol–water partition coefficient (Wildman–Crippen LogP) is 4.90. The van der Waals surface area contributed by atoms with E-state index in [1.807, 2.05) is 49.4 Å². The van der Waals surface area contributed by atoms with Crippen LogP contribution in [0.2, 0.25) is 0 Å². The summed E-state index contributed by atoms with van der Waals surface area (Å²) in [7, 11) is 0. The molecule has 0 saturated heterocycles. The van der Waals surface area contributed by atoms with E-state index in [0.29, 0.717) is 37.8 Å². The zero-order chi connectivity index (χ0) is 20.6. The van der Waals surface area contributed by atoms with Gasteiger partial charge in [0.1, 0.15) is 12.4 Å². The van der Waals surface area contributed by atoms with Gasteiger partial charge in [-0.05, 0) is 30.5 Å². The number of nitrogens with zero attached hydrogens (tertiary/aromatic N) is 1. The molecule has 3 rings (SSSR count). The molecule has 1 aromatic heterocycles. The van der Waals surface area contributed by atoms with E-state index in [0.717, 1.165) is 22.8 Å². The highest BCUT2D eigenvalue weighted by molar-refractivity contribution is 5.76. The average molecular weight is 392 g/mol. The second-order valence-electron chi connectivity index (χ2n) is 7.31. The maximum atomic E-state index is 12.1. The Morgan fingerprint density at radius 2 is 1.83 bits per heavy atom. The fourth-order valence-corrected chi connectivity index (χ4v) is 3.03. The first-order chi connectivity index (χ1) is 14.0. The number of carbonyl (C=O) groups is 1. The van der Waals surface area contributed by atoms with E-state index < -0.39 is 0 Å². The van der Waals surface area contributed by atoms with Gasteiger partial charge in [-0.2, -0.15) is 0 Å². The zero-order valence-corrected chi connectivity index (χ0v) is 17.3. The van der Waals surface area contributed by atoms with Gasteiger partial charge in [-0.15, -0.1) is 0 Å². The summed E-state index contributed by atoms with van der Waals surface area (Å²) in [6, 6.07) is 17.9. The Morgan fingerprint density at radius 1 is 1.10 bits per heavy atom. The molecule has 1 amide bonds. The van der Waals surface area contributed by atoms with Crippen LogP contribution in [-0.2, 0) is 11.2 Å². The summed E-state index contributed by atoms with van der Waals surface area (Å²) in [6.07, 6.45) is 0.800. The number of rotatable bonds is 9. The van der Waals surface area contributed by atoms with E-state index >= 15 is 0 Å². The van der Waals surface area contributed by atoms with Crippen molar-refractivity contribution < 1.29 is 13.9 Å². The fourth-order valence-electron chi connectivity index (χ4n) is 3.03. The quantitative estimate of drug-likeness (QED) is 0.526. The van der Waals surface area contributed by atoms with Crippen LogP contribution in [0.15, 0.2) is 59.0 Å². The molecule has 0 spiro atoms. The Morgan fingerprint density at radius 3 is 2.52 bits per heavy atom. The Bertz CT molecular complexity index is 915. The summed E-state index contributed by atoms with van der Waals surface area (Å²) in [5.74, 6) is 2.61. The minimum Gasteiger partial charge on any atom is -0.492 e. The Balaban J connectivity index is 1.39. The molecular weight excluding hydrogens is 364 g/mol. The van der Waals surface area contributed by atoms with Crippen molar-refractivity contribution in [3.63, 3.8) is 0 Å². The molecule has 0 aliphatic heterocycles. The number of hydrogen-bond donors (Lipinski definition) is 1. The Kier molecular flexibility index (Phi) is 7.06. The molecule has 5 nitrogen and oxygen atoms in total. The summed E-state index contributed by atoms with van der Waals surface area (Å²) in [4.78, 5) is 16.5. The number of carbonyl (C=O) groups excluding carboxylic acids is 1. The normalized spacial score (nSPS) is 10.9. The van der Waals surface area contributed by atoms with Crippen LogP contribution in [0.4, 0.5) is 0 Å². The van der Waals surface area contributed by atoms with E-state index in [9.17, 15) is 4.79 Å². The van der Waals surface area contributed by atoms with Crippen molar-refractivity contribution in [3.05, 3.63) is 71.7 Å². The summed E-state index contributed by atoms with van der Waals surface area (Å²) < 4.78 is 11.5. The molecule has 0 saturated carbocycles. The van der Waals surface area contributed by atoms with Gasteiger partial charge in [0.15, 0.2) is 11.7 Å². The van der Waals surface area contributed by atoms with Crippen molar-refractivity contribution in [3.8, 4) is 17.1 Å². The molecule has 0 bridgehead atoms. The molecule has 152 valence electrons. The summed E-state index contributed by atoms with van der Waals surface area (Å²) in [5.41, 5.74) is 3.11. The van der Waals surface area contributed by atoms with Crippen molar-refractivity contribution in [2.24, 2.45) is 0 Å². The Hall–Kier alpha value is -3.08. The lowest BCUT2D eigenvalue weighted by molar-refractivity contribution is -0.121. The number of benzene rings is 2. The van der Waals surface area contributed by atoms with Crippen LogP contribution in [0.25, 0.3) is 11.3 Å². The summed E-state index contributed by atoms with van der Waals surface area (Å²) >= 11 is 0. The molecule has 1 heterocycles. The molecule has 0 aliphatic carbocycles. The number of oxazole rings is 1. The van der Waals surface area contributed by atoms with Crippen molar-refractivity contribution in [1.29, 1.82) is 0 Å². The number of aryl methyl sites for hydroxylation is 2. The van der Waals surface area contributed by atoms with Crippen LogP contribution in [0.1, 0.15) is 43.3 Å². The first-order valence-corrected chi connectivity index (χ1v) is 10.0. The third-order valence-electron chi connectivity index (χ3n) is 4.68. The fraction of sp³-hybridized carbons (Fsp3) is 0.333. The lowest BCUT2D eigenvalue weighted by Crippen LogP contribution is -2.28. The van der Waals surface area contributed by atoms with Crippen LogP contribution in [0, 0.1) is 6.92 Å². The SMILES string of the molecule is Cc1nc(CCC(=O)NCCOc2ccc(C(C)C)cc2)oc1-c1ccccc1. The highest BCUT2D eigenvalue weighted by Gasteiger charge is 2.12. The van der Waals surface area contributed by atoms with Crippen LogP contribution in [0.3, 0.4) is 0 Å². The lowest BCUT2D eigenvalue weighted by Gasteiger charge is -2.09. The number of nitrogens with one attached hydrogen (secondary N) is 1. The molecule has 1 N–H and O–H groups in total. The van der Waals surface area contributed by atoms with Gasteiger partial charge in [-0.25, -0.2) is 4.98 Å². The maximum Gasteiger partial charge on any atom is 0.220 e. The predicted molar refractivity (Wildman–Crippen MR) is 114 cm³/mol. The van der Waals surface area contributed by atoms with E-state index in [4.69, 9.17) is 9.15 Å². The third kappa shape index (κ3) is 5.95. The largest absolute Gasteiger partial charge is 0.492 e. The third-order valence-corrected chi connectivity index (χ3v) is 4.68. The monoisotopic (exact) mass is 392 g/mol. The molecule has 0 radical (unpaired) electrons. The van der Waals surface area contributed by atoms with Crippen LogP contribution in [-0.4, -0.2) is 24.0 Å². The van der Waals surface area contributed by atoms with Crippen LogP contribution >= 0.6 is 0 Å². The highest BCUT2D eigenvalue weighted by Crippen LogP contribution is 2.24. The molecule has 0 unspecified atom stereocenters. The molecule has 0 atom stereocenters. The van der Waals surface area contributed by atoms with E-state index in [1.165, 1.54) is 5.56 Å².